The predicted molar refractivity (Wildman–Crippen MR) is 167 cm³/mol. The SMILES string of the molecule is C/C(=C\CCC(C)C=O)CCCC(C)CCCC(C)CCc1ccc(C)c(C)c1S.CC.CC.CO. The van der Waals surface area contributed by atoms with E-state index >= 15 is 0 Å². The van der Waals surface area contributed by atoms with Crippen LogP contribution in [0.25, 0.3) is 0 Å². The summed E-state index contributed by atoms with van der Waals surface area (Å²) < 4.78 is 0. The molecule has 0 spiro atoms. The molecule has 3 heteroatoms. The molecule has 36 heavy (non-hydrogen) atoms. The molecule has 0 saturated heterocycles. The van der Waals surface area contributed by atoms with E-state index in [1.165, 1.54) is 72.1 Å². The van der Waals surface area contributed by atoms with Crippen LogP contribution in [0.15, 0.2) is 28.7 Å². The molecule has 1 aromatic carbocycles. The Hall–Kier alpha value is -1.06. The second-order valence-electron chi connectivity index (χ2n) is 9.83. The zero-order chi connectivity index (χ0) is 28.5. The number of aliphatic hydroxyl groups excluding tert-OH is 1. The highest BCUT2D eigenvalue weighted by atomic mass is 32.1. The van der Waals surface area contributed by atoms with Gasteiger partial charge in [0.1, 0.15) is 6.29 Å². The van der Waals surface area contributed by atoms with Gasteiger partial charge in [-0.15, -0.1) is 12.6 Å². The van der Waals surface area contributed by atoms with Gasteiger partial charge in [0, 0.05) is 17.9 Å². The maximum atomic E-state index is 10.7. The van der Waals surface area contributed by atoms with Crippen LogP contribution in [0.4, 0.5) is 0 Å². The lowest BCUT2D eigenvalue weighted by Gasteiger charge is -2.16. The number of carbonyl (C=O) groups excluding carboxylic acids is 1. The van der Waals surface area contributed by atoms with Gasteiger partial charge < -0.3 is 9.90 Å². The number of allylic oxidation sites excluding steroid dienone is 2. The summed E-state index contributed by atoms with van der Waals surface area (Å²) >= 11 is 4.74. The van der Waals surface area contributed by atoms with Crippen LogP contribution in [0.3, 0.4) is 0 Å². The number of hydrogen-bond acceptors (Lipinski definition) is 3. The molecule has 0 aromatic heterocycles. The summed E-state index contributed by atoms with van der Waals surface area (Å²) in [4.78, 5) is 11.9. The summed E-state index contributed by atoms with van der Waals surface area (Å²) in [6, 6.07) is 4.50. The number of benzene rings is 1. The number of hydrogen-bond donors (Lipinski definition) is 2. The highest BCUT2D eigenvalue weighted by molar-refractivity contribution is 7.80. The third-order valence-corrected chi connectivity index (χ3v) is 7.32. The molecule has 2 nitrogen and oxygen atoms in total. The number of aldehydes is 1. The highest BCUT2D eigenvalue weighted by Crippen LogP contribution is 2.26. The molecule has 0 radical (unpaired) electrons. The second-order valence-corrected chi connectivity index (χ2v) is 10.3. The van der Waals surface area contributed by atoms with Crippen LogP contribution >= 0.6 is 12.6 Å². The van der Waals surface area contributed by atoms with E-state index in [1.807, 2.05) is 34.6 Å². The van der Waals surface area contributed by atoms with Gasteiger partial charge in [0.05, 0.1) is 0 Å². The van der Waals surface area contributed by atoms with Gasteiger partial charge in [0.15, 0.2) is 0 Å². The first-order chi connectivity index (χ1) is 17.2. The van der Waals surface area contributed by atoms with Crippen molar-refractivity contribution in [2.24, 2.45) is 17.8 Å². The molecule has 212 valence electrons. The minimum absolute atomic E-state index is 0.192. The van der Waals surface area contributed by atoms with Crippen LogP contribution in [0.5, 0.6) is 0 Å². The van der Waals surface area contributed by atoms with Crippen LogP contribution < -0.4 is 0 Å². The van der Waals surface area contributed by atoms with Crippen LogP contribution in [-0.4, -0.2) is 18.5 Å². The van der Waals surface area contributed by atoms with Gasteiger partial charge in [-0.05, 0) is 87.8 Å². The fourth-order valence-corrected chi connectivity index (χ4v) is 4.42. The maximum absolute atomic E-state index is 10.7. The van der Waals surface area contributed by atoms with Gasteiger partial charge in [-0.25, -0.2) is 0 Å². The van der Waals surface area contributed by atoms with Crippen LogP contribution in [0, 0.1) is 31.6 Å². The van der Waals surface area contributed by atoms with Gasteiger partial charge in [-0.1, -0.05) is 97.9 Å². The van der Waals surface area contributed by atoms with E-state index in [4.69, 9.17) is 17.7 Å². The van der Waals surface area contributed by atoms with Crippen LogP contribution in [0.1, 0.15) is 130 Å². The smallest absolute Gasteiger partial charge is 0.122 e. The summed E-state index contributed by atoms with van der Waals surface area (Å²) in [5.74, 6) is 1.80. The summed E-state index contributed by atoms with van der Waals surface area (Å²) in [5, 5.41) is 7.00. The summed E-state index contributed by atoms with van der Waals surface area (Å²) in [7, 11) is 1.00. The number of rotatable bonds is 15. The van der Waals surface area contributed by atoms with Crippen molar-refractivity contribution in [2.75, 3.05) is 7.11 Å². The van der Waals surface area contributed by atoms with E-state index in [1.54, 1.807) is 0 Å². The van der Waals surface area contributed by atoms with Gasteiger partial charge in [0.25, 0.3) is 0 Å². The number of aliphatic hydroxyl groups is 1. The Balaban J connectivity index is -0.00000168. The largest absolute Gasteiger partial charge is 0.400 e. The molecule has 1 aromatic rings. The quantitative estimate of drug-likeness (QED) is 0.136. The molecule has 0 heterocycles. The average Bonchev–Trinajstić information content (AvgIpc) is 2.90. The maximum Gasteiger partial charge on any atom is 0.122 e. The Bertz CT molecular complexity index is 666. The molecule has 0 aliphatic rings. The first kappa shape index (κ1) is 39.5. The molecular weight excluding hydrogens is 460 g/mol. The molecule has 0 saturated carbocycles. The molecule has 0 fully saturated rings. The molecule has 0 aliphatic carbocycles. The zero-order valence-electron chi connectivity index (χ0n) is 25.9. The lowest BCUT2D eigenvalue weighted by molar-refractivity contribution is -0.110. The van der Waals surface area contributed by atoms with Gasteiger partial charge >= 0.3 is 0 Å². The highest BCUT2D eigenvalue weighted by Gasteiger charge is 2.09. The van der Waals surface area contributed by atoms with Crippen LogP contribution in [-0.2, 0) is 11.2 Å². The Morgan fingerprint density at radius 1 is 0.889 bits per heavy atom. The fourth-order valence-electron chi connectivity index (χ4n) is 4.06. The van der Waals surface area contributed by atoms with Crippen molar-refractivity contribution >= 4 is 18.9 Å². The van der Waals surface area contributed by atoms with Gasteiger partial charge in [-0.2, -0.15) is 0 Å². The first-order valence-corrected chi connectivity index (χ1v) is 15.0. The summed E-state index contributed by atoms with van der Waals surface area (Å²) in [5.41, 5.74) is 5.57. The number of thiol groups is 1. The zero-order valence-corrected chi connectivity index (χ0v) is 26.8. The van der Waals surface area contributed by atoms with Crippen molar-refractivity contribution in [1.29, 1.82) is 0 Å². The minimum Gasteiger partial charge on any atom is -0.400 e. The number of aryl methyl sites for hydroxylation is 2. The third-order valence-electron chi connectivity index (χ3n) is 6.70. The van der Waals surface area contributed by atoms with Crippen molar-refractivity contribution < 1.29 is 9.90 Å². The molecule has 0 aliphatic heterocycles. The topological polar surface area (TPSA) is 37.3 Å². The molecule has 1 rings (SSSR count). The van der Waals surface area contributed by atoms with E-state index in [2.05, 4.69) is 52.8 Å². The third kappa shape index (κ3) is 20.0. The van der Waals surface area contributed by atoms with Crippen molar-refractivity contribution in [3.8, 4) is 0 Å². The van der Waals surface area contributed by atoms with E-state index in [0.29, 0.717) is 0 Å². The average molecular weight is 523 g/mol. The summed E-state index contributed by atoms with van der Waals surface area (Å²) in [6.07, 6.45) is 15.7. The van der Waals surface area contributed by atoms with E-state index in [9.17, 15) is 4.79 Å². The van der Waals surface area contributed by atoms with Crippen molar-refractivity contribution in [2.45, 2.75) is 138 Å². The second kappa shape index (κ2) is 27.0. The Labute approximate surface area is 232 Å². The normalized spacial score (nSPS) is 13.1. The minimum atomic E-state index is 0.192. The van der Waals surface area contributed by atoms with E-state index in [-0.39, 0.29) is 5.92 Å². The van der Waals surface area contributed by atoms with Crippen molar-refractivity contribution in [3.05, 3.63) is 40.5 Å². The van der Waals surface area contributed by atoms with E-state index in [0.717, 1.165) is 44.5 Å². The molecule has 1 N–H and O–H groups in total. The standard InChI is InChI=1S/C28H46OS.2C2H6.CH4O/c1-21(10-7-11-22(2)13-9-15-24(4)20-29)12-8-14-23(3)16-18-27-19-17-25(5)26(6)28(27)30;3*1-2/h13,17,19-21,23-24,30H,7-12,14-16,18H2,1-6H3;2*1-2H3;2H,1H3/b22-13+;;;. The Kier molecular flexibility index (Phi) is 29.6. The molecular formula is C33H62O2S. The summed E-state index contributed by atoms with van der Waals surface area (Å²) in [6.45, 7) is 21.4. The Morgan fingerprint density at radius 2 is 1.42 bits per heavy atom. The van der Waals surface area contributed by atoms with Crippen molar-refractivity contribution in [3.63, 3.8) is 0 Å². The Morgan fingerprint density at radius 3 is 1.97 bits per heavy atom. The predicted octanol–water partition coefficient (Wildman–Crippen LogP) is 10.4. The molecule has 0 bridgehead atoms. The first-order valence-electron chi connectivity index (χ1n) is 14.6. The van der Waals surface area contributed by atoms with Gasteiger partial charge in [0.2, 0.25) is 0 Å². The molecule has 0 amide bonds. The van der Waals surface area contributed by atoms with Crippen LogP contribution in [0.2, 0.25) is 0 Å². The molecule has 3 atom stereocenters. The van der Waals surface area contributed by atoms with Gasteiger partial charge in [-0.3, -0.25) is 0 Å². The van der Waals surface area contributed by atoms with Crippen molar-refractivity contribution in [1.82, 2.24) is 0 Å². The van der Waals surface area contributed by atoms with E-state index < -0.39 is 0 Å². The molecule has 3 unspecified atom stereocenters. The fraction of sp³-hybridized carbons (Fsp3) is 0.727. The lowest BCUT2D eigenvalue weighted by atomic mass is 9.91. The number of carbonyl (C=O) groups is 1. The lowest BCUT2D eigenvalue weighted by Crippen LogP contribution is -2.02. The monoisotopic (exact) mass is 522 g/mol.